The third kappa shape index (κ3) is 4.56. The molecule has 34 heavy (non-hydrogen) atoms. The first-order valence-electron chi connectivity index (χ1n) is 10.9. The van der Waals surface area contributed by atoms with Gasteiger partial charge in [-0.05, 0) is 30.2 Å². The number of thiophene rings is 1. The Morgan fingerprint density at radius 1 is 1.09 bits per heavy atom. The molecule has 0 saturated carbocycles. The number of hydrogen-bond acceptors (Lipinski definition) is 7. The predicted molar refractivity (Wildman–Crippen MR) is 134 cm³/mol. The van der Waals surface area contributed by atoms with Crippen molar-refractivity contribution in [3.8, 4) is 10.4 Å². The number of rotatable bonds is 6. The maximum absolute atomic E-state index is 13.5. The lowest BCUT2D eigenvalue weighted by atomic mass is 10.1. The van der Waals surface area contributed by atoms with Crippen molar-refractivity contribution < 1.29 is 14.3 Å². The van der Waals surface area contributed by atoms with E-state index in [4.69, 9.17) is 4.74 Å². The van der Waals surface area contributed by atoms with Crippen LogP contribution < -0.4 is 5.32 Å². The van der Waals surface area contributed by atoms with E-state index in [0.717, 1.165) is 21.7 Å². The average molecular weight is 494 g/mol. The lowest BCUT2D eigenvalue weighted by Gasteiger charge is -2.27. The van der Waals surface area contributed by atoms with Crippen LogP contribution in [0.4, 0.5) is 5.00 Å². The number of ether oxygens (including phenoxy) is 1. The molecule has 1 aliphatic heterocycles. The lowest BCUT2D eigenvalue weighted by molar-refractivity contribution is -0.113. The summed E-state index contributed by atoms with van der Waals surface area (Å²) < 4.78 is 7.25. The van der Waals surface area contributed by atoms with Gasteiger partial charge in [0.2, 0.25) is 5.91 Å². The molecule has 8 nitrogen and oxygen atoms in total. The second-order valence-corrected chi connectivity index (χ2v) is 9.74. The quantitative estimate of drug-likeness (QED) is 0.409. The van der Waals surface area contributed by atoms with E-state index in [0.29, 0.717) is 42.0 Å². The molecule has 1 aliphatic rings. The van der Waals surface area contributed by atoms with Gasteiger partial charge in [-0.3, -0.25) is 14.0 Å². The number of amides is 2. The maximum atomic E-state index is 13.5. The number of nitrogens with zero attached hydrogens (tertiary/aromatic N) is 4. The van der Waals surface area contributed by atoms with Crippen LogP contribution in [-0.4, -0.2) is 63.4 Å². The molecule has 1 fully saturated rings. The number of anilines is 1. The maximum Gasteiger partial charge on any atom is 0.257 e. The summed E-state index contributed by atoms with van der Waals surface area (Å²) in [6.45, 7) is 4.06. The van der Waals surface area contributed by atoms with Crippen LogP contribution in [-0.2, 0) is 9.53 Å². The van der Waals surface area contributed by atoms with E-state index in [9.17, 15) is 9.59 Å². The van der Waals surface area contributed by atoms with Crippen LogP contribution in [0.3, 0.4) is 0 Å². The van der Waals surface area contributed by atoms with E-state index in [2.05, 4.69) is 15.5 Å². The van der Waals surface area contributed by atoms with Crippen LogP contribution in [0.2, 0.25) is 0 Å². The first kappa shape index (κ1) is 22.6. The molecule has 0 radical (unpaired) electrons. The van der Waals surface area contributed by atoms with Crippen molar-refractivity contribution in [2.75, 3.05) is 37.4 Å². The fourth-order valence-corrected chi connectivity index (χ4v) is 5.80. The normalized spacial score (nSPS) is 13.9. The zero-order valence-corrected chi connectivity index (χ0v) is 20.2. The van der Waals surface area contributed by atoms with Gasteiger partial charge in [0, 0.05) is 24.2 Å². The Morgan fingerprint density at radius 2 is 1.85 bits per heavy atom. The molecule has 174 valence electrons. The monoisotopic (exact) mass is 493 g/mol. The number of aromatic nitrogens is 3. The Kier molecular flexibility index (Phi) is 6.61. The second kappa shape index (κ2) is 9.96. The number of carbonyl (C=O) groups is 2. The molecule has 0 aliphatic carbocycles. The number of nitrogens with one attached hydrogen (secondary N) is 1. The third-order valence-corrected chi connectivity index (χ3v) is 7.76. The van der Waals surface area contributed by atoms with Gasteiger partial charge in [0.15, 0.2) is 10.8 Å². The summed E-state index contributed by atoms with van der Waals surface area (Å²) in [5.41, 5.74) is 3.17. The molecule has 1 aromatic carbocycles. The fourth-order valence-electron chi connectivity index (χ4n) is 3.86. The Hall–Kier alpha value is -3.21. The van der Waals surface area contributed by atoms with Crippen LogP contribution in [0.5, 0.6) is 0 Å². The fraction of sp³-hybridized carbons (Fsp3) is 0.250. The van der Waals surface area contributed by atoms with E-state index in [-0.39, 0.29) is 17.6 Å². The van der Waals surface area contributed by atoms with Crippen LogP contribution in [0.25, 0.3) is 16.1 Å². The first-order chi connectivity index (χ1) is 16.6. The first-order valence-corrected chi connectivity index (χ1v) is 12.7. The van der Waals surface area contributed by atoms with E-state index in [1.165, 1.54) is 23.1 Å². The van der Waals surface area contributed by atoms with Gasteiger partial charge >= 0.3 is 0 Å². The zero-order chi connectivity index (χ0) is 23.5. The number of fused-ring (bicyclic) bond motifs is 1. The Morgan fingerprint density at radius 3 is 2.65 bits per heavy atom. The standard InChI is InChI=1S/C24H23N5O3S2/c1-16-20(23(31)28-11-13-32-14-12-28)22(34-21(16)17-7-3-2-4-8-17)25-19(30)15-33-24-27-26-18-9-5-6-10-29(18)24/h2-10H,11-15H2,1H3,(H,25,30). The minimum absolute atomic E-state index is 0.0781. The summed E-state index contributed by atoms with van der Waals surface area (Å²) in [7, 11) is 0. The number of carbonyl (C=O) groups excluding carboxylic acids is 2. The summed E-state index contributed by atoms with van der Waals surface area (Å²) >= 11 is 2.74. The number of benzene rings is 1. The average Bonchev–Trinajstić information content (AvgIpc) is 3.44. The third-order valence-electron chi connectivity index (χ3n) is 5.56. The van der Waals surface area contributed by atoms with Crippen molar-refractivity contribution in [1.82, 2.24) is 19.5 Å². The number of hydrogen-bond donors (Lipinski definition) is 1. The van der Waals surface area contributed by atoms with Crippen molar-refractivity contribution in [2.45, 2.75) is 12.1 Å². The zero-order valence-electron chi connectivity index (χ0n) is 18.6. The summed E-state index contributed by atoms with van der Waals surface area (Å²) in [4.78, 5) is 29.1. The van der Waals surface area contributed by atoms with E-state index in [1.54, 1.807) is 4.90 Å². The predicted octanol–water partition coefficient (Wildman–Crippen LogP) is 3.97. The van der Waals surface area contributed by atoms with Gasteiger partial charge in [-0.1, -0.05) is 48.2 Å². The minimum atomic E-state index is -0.199. The van der Waals surface area contributed by atoms with Gasteiger partial charge in [0.05, 0.1) is 24.5 Å². The molecular weight excluding hydrogens is 470 g/mol. The molecule has 0 bridgehead atoms. The van der Waals surface area contributed by atoms with Crippen molar-refractivity contribution in [3.63, 3.8) is 0 Å². The van der Waals surface area contributed by atoms with Crippen LogP contribution >= 0.6 is 23.1 Å². The second-order valence-electron chi connectivity index (χ2n) is 7.78. The topological polar surface area (TPSA) is 88.8 Å². The summed E-state index contributed by atoms with van der Waals surface area (Å²) in [5.74, 6) is -0.126. The van der Waals surface area contributed by atoms with Crippen LogP contribution in [0.15, 0.2) is 59.9 Å². The minimum Gasteiger partial charge on any atom is -0.378 e. The van der Waals surface area contributed by atoms with E-state index < -0.39 is 0 Å². The molecule has 1 N–H and O–H groups in total. The van der Waals surface area contributed by atoms with Crippen molar-refractivity contribution >= 4 is 45.6 Å². The van der Waals surface area contributed by atoms with Gasteiger partial charge in [0.1, 0.15) is 5.00 Å². The highest BCUT2D eigenvalue weighted by molar-refractivity contribution is 7.99. The van der Waals surface area contributed by atoms with E-state index in [1.807, 2.05) is 66.1 Å². The summed E-state index contributed by atoms with van der Waals surface area (Å²) in [6.07, 6.45) is 1.86. The Balaban J connectivity index is 1.40. The molecule has 10 heteroatoms. The largest absolute Gasteiger partial charge is 0.378 e. The molecule has 0 spiro atoms. The number of pyridine rings is 1. The van der Waals surface area contributed by atoms with Crippen LogP contribution in [0.1, 0.15) is 15.9 Å². The highest BCUT2D eigenvalue weighted by Crippen LogP contribution is 2.40. The smallest absolute Gasteiger partial charge is 0.257 e. The van der Waals surface area contributed by atoms with Gasteiger partial charge < -0.3 is 15.0 Å². The molecule has 2 amide bonds. The van der Waals surface area contributed by atoms with Gasteiger partial charge in [-0.25, -0.2) is 0 Å². The SMILES string of the molecule is Cc1c(-c2ccccc2)sc(NC(=O)CSc2nnc3ccccn23)c1C(=O)N1CCOCC1. The molecule has 0 atom stereocenters. The van der Waals surface area contributed by atoms with Crippen molar-refractivity contribution in [2.24, 2.45) is 0 Å². The molecule has 4 heterocycles. The summed E-state index contributed by atoms with van der Waals surface area (Å²) in [5, 5.41) is 12.5. The highest BCUT2D eigenvalue weighted by atomic mass is 32.2. The van der Waals surface area contributed by atoms with Crippen molar-refractivity contribution in [1.29, 1.82) is 0 Å². The molecular formula is C24H23N5O3S2. The number of morpholine rings is 1. The van der Waals surface area contributed by atoms with Gasteiger partial charge in [0.25, 0.3) is 5.91 Å². The Bertz CT molecular complexity index is 1330. The molecule has 3 aromatic heterocycles. The molecule has 0 unspecified atom stereocenters. The van der Waals surface area contributed by atoms with Crippen LogP contribution in [0, 0.1) is 6.92 Å². The molecule has 1 saturated heterocycles. The Labute approximate surface area is 204 Å². The lowest BCUT2D eigenvalue weighted by Crippen LogP contribution is -2.41. The van der Waals surface area contributed by atoms with Gasteiger partial charge in [-0.2, -0.15) is 0 Å². The van der Waals surface area contributed by atoms with Crippen molar-refractivity contribution in [3.05, 3.63) is 65.9 Å². The molecule has 4 aromatic rings. The van der Waals surface area contributed by atoms with Gasteiger partial charge in [-0.15, -0.1) is 21.5 Å². The van der Waals surface area contributed by atoms with E-state index >= 15 is 0 Å². The summed E-state index contributed by atoms with van der Waals surface area (Å²) in [6, 6.07) is 15.6. The highest BCUT2D eigenvalue weighted by Gasteiger charge is 2.28. The number of thioether (sulfide) groups is 1. The molecule has 5 rings (SSSR count).